The van der Waals surface area contributed by atoms with E-state index in [0.717, 1.165) is 32.2 Å². The van der Waals surface area contributed by atoms with Gasteiger partial charge in [0.25, 0.3) is 0 Å². The molecule has 0 aromatic heterocycles. The van der Waals surface area contributed by atoms with E-state index in [1.54, 1.807) is 0 Å². The van der Waals surface area contributed by atoms with Gasteiger partial charge in [-0.15, -0.1) is 0 Å². The molecule has 1 aliphatic heterocycles. The quantitative estimate of drug-likeness (QED) is 0.694. The Morgan fingerprint density at radius 2 is 2.21 bits per heavy atom. The van der Waals surface area contributed by atoms with E-state index in [0.29, 0.717) is 11.5 Å². The van der Waals surface area contributed by atoms with Gasteiger partial charge in [-0.05, 0) is 24.3 Å². The van der Waals surface area contributed by atoms with Crippen molar-refractivity contribution in [2.45, 2.75) is 26.3 Å². The number of hydrogen-bond acceptors (Lipinski definition) is 3. The molecular weight excluding hydrogens is 176 g/mol. The fourth-order valence-corrected chi connectivity index (χ4v) is 2.11. The monoisotopic (exact) mass is 198 g/mol. The first-order valence-electron chi connectivity index (χ1n) is 5.70. The van der Waals surface area contributed by atoms with Gasteiger partial charge in [-0.2, -0.15) is 0 Å². The van der Waals surface area contributed by atoms with Crippen molar-refractivity contribution in [2.24, 2.45) is 11.3 Å². The van der Waals surface area contributed by atoms with Crippen LogP contribution >= 0.6 is 0 Å². The first-order valence-corrected chi connectivity index (χ1v) is 5.70. The summed E-state index contributed by atoms with van der Waals surface area (Å²) >= 11 is 0. The van der Waals surface area contributed by atoms with E-state index in [2.05, 4.69) is 24.5 Å². The van der Waals surface area contributed by atoms with E-state index < -0.39 is 0 Å². The molecule has 0 bridgehead atoms. The minimum atomic E-state index is 0.519. The molecule has 0 aromatic rings. The van der Waals surface area contributed by atoms with E-state index >= 15 is 0 Å². The molecule has 1 saturated heterocycles. The molecule has 1 aliphatic carbocycles. The van der Waals surface area contributed by atoms with Crippen LogP contribution in [0.2, 0.25) is 0 Å². The van der Waals surface area contributed by atoms with Crippen molar-refractivity contribution in [3.63, 3.8) is 0 Å². The first-order chi connectivity index (χ1) is 6.68. The van der Waals surface area contributed by atoms with Gasteiger partial charge in [0.1, 0.15) is 0 Å². The van der Waals surface area contributed by atoms with Crippen LogP contribution in [0, 0.1) is 11.3 Å². The zero-order valence-electron chi connectivity index (χ0n) is 9.31. The normalized spacial score (nSPS) is 35.6. The standard InChI is InChI=1S/C11H22N2O/c1-11(2)5-9(11)6-12-7-10-8-14-4-3-13-10/h9-10,12-13H,3-8H2,1-2H3. The Hall–Kier alpha value is -0.120. The lowest BCUT2D eigenvalue weighted by Crippen LogP contribution is -2.47. The molecule has 2 rings (SSSR count). The van der Waals surface area contributed by atoms with E-state index in [1.807, 2.05) is 0 Å². The predicted octanol–water partition coefficient (Wildman–Crippen LogP) is 0.611. The smallest absolute Gasteiger partial charge is 0.0632 e. The van der Waals surface area contributed by atoms with E-state index in [9.17, 15) is 0 Å². The van der Waals surface area contributed by atoms with Crippen molar-refractivity contribution in [3.8, 4) is 0 Å². The number of rotatable bonds is 4. The Labute approximate surface area is 86.6 Å². The Bertz CT molecular complexity index is 188. The summed E-state index contributed by atoms with van der Waals surface area (Å²) in [5.41, 5.74) is 0.601. The summed E-state index contributed by atoms with van der Waals surface area (Å²) in [5.74, 6) is 0.895. The van der Waals surface area contributed by atoms with Gasteiger partial charge in [0.05, 0.1) is 13.2 Å². The largest absolute Gasteiger partial charge is 0.378 e. The SMILES string of the molecule is CC1(C)CC1CNCC1COCCN1. The summed E-state index contributed by atoms with van der Waals surface area (Å²) in [7, 11) is 0. The Morgan fingerprint density at radius 1 is 1.43 bits per heavy atom. The minimum absolute atomic E-state index is 0.519. The fourth-order valence-electron chi connectivity index (χ4n) is 2.11. The topological polar surface area (TPSA) is 33.3 Å². The van der Waals surface area contributed by atoms with Gasteiger partial charge < -0.3 is 15.4 Å². The summed E-state index contributed by atoms with van der Waals surface area (Å²) in [5, 5.41) is 6.98. The molecule has 14 heavy (non-hydrogen) atoms. The van der Waals surface area contributed by atoms with E-state index in [1.165, 1.54) is 13.0 Å². The zero-order valence-corrected chi connectivity index (χ0v) is 9.31. The maximum Gasteiger partial charge on any atom is 0.0632 e. The summed E-state index contributed by atoms with van der Waals surface area (Å²) in [6.07, 6.45) is 1.38. The lowest BCUT2D eigenvalue weighted by atomic mass is 10.1. The third-order valence-electron chi connectivity index (χ3n) is 3.50. The van der Waals surface area contributed by atoms with Crippen LogP contribution in [0.3, 0.4) is 0 Å². The van der Waals surface area contributed by atoms with Crippen LogP contribution in [0.4, 0.5) is 0 Å². The summed E-state index contributed by atoms with van der Waals surface area (Å²) < 4.78 is 5.39. The molecule has 3 nitrogen and oxygen atoms in total. The van der Waals surface area contributed by atoms with Crippen LogP contribution in [0.1, 0.15) is 20.3 Å². The van der Waals surface area contributed by atoms with Crippen molar-refractivity contribution in [1.29, 1.82) is 0 Å². The zero-order chi connectivity index (χ0) is 10.0. The predicted molar refractivity (Wildman–Crippen MR) is 57.4 cm³/mol. The molecular formula is C11H22N2O. The molecule has 2 atom stereocenters. The Kier molecular flexibility index (Phi) is 3.10. The molecule has 3 heteroatoms. The van der Waals surface area contributed by atoms with Gasteiger partial charge in [-0.25, -0.2) is 0 Å². The van der Waals surface area contributed by atoms with Crippen LogP contribution in [0.25, 0.3) is 0 Å². The van der Waals surface area contributed by atoms with Crippen LogP contribution in [-0.4, -0.2) is 38.9 Å². The number of morpholine rings is 1. The highest BCUT2D eigenvalue weighted by Gasteiger charge is 2.44. The van der Waals surface area contributed by atoms with Crippen molar-refractivity contribution in [2.75, 3.05) is 32.8 Å². The third-order valence-corrected chi connectivity index (χ3v) is 3.50. The van der Waals surface area contributed by atoms with E-state index in [4.69, 9.17) is 4.74 Å². The van der Waals surface area contributed by atoms with Crippen molar-refractivity contribution in [3.05, 3.63) is 0 Å². The van der Waals surface area contributed by atoms with Gasteiger partial charge in [0, 0.05) is 19.1 Å². The molecule has 0 radical (unpaired) electrons. The average molecular weight is 198 g/mol. The van der Waals surface area contributed by atoms with Crippen molar-refractivity contribution < 1.29 is 4.74 Å². The number of nitrogens with one attached hydrogen (secondary N) is 2. The molecule has 2 aliphatic rings. The number of hydrogen-bond donors (Lipinski definition) is 2. The summed E-state index contributed by atoms with van der Waals surface area (Å²) in [6.45, 7) is 9.65. The van der Waals surface area contributed by atoms with Crippen LogP contribution in [-0.2, 0) is 4.74 Å². The van der Waals surface area contributed by atoms with Crippen LogP contribution in [0.5, 0.6) is 0 Å². The first kappa shape index (κ1) is 10.4. The second-order valence-corrected chi connectivity index (χ2v) is 5.27. The average Bonchev–Trinajstić information content (AvgIpc) is 2.76. The molecule has 0 spiro atoms. The van der Waals surface area contributed by atoms with Gasteiger partial charge in [-0.1, -0.05) is 13.8 Å². The third kappa shape index (κ3) is 2.69. The molecule has 2 fully saturated rings. The van der Waals surface area contributed by atoms with Gasteiger partial charge in [-0.3, -0.25) is 0 Å². The highest BCUT2D eigenvalue weighted by atomic mass is 16.5. The maximum absolute atomic E-state index is 5.39. The second-order valence-electron chi connectivity index (χ2n) is 5.27. The van der Waals surface area contributed by atoms with Crippen molar-refractivity contribution in [1.82, 2.24) is 10.6 Å². The molecule has 1 saturated carbocycles. The van der Waals surface area contributed by atoms with Crippen LogP contribution in [0.15, 0.2) is 0 Å². The van der Waals surface area contributed by atoms with Gasteiger partial charge >= 0.3 is 0 Å². The lowest BCUT2D eigenvalue weighted by Gasteiger charge is -2.24. The van der Waals surface area contributed by atoms with Gasteiger partial charge in [0.15, 0.2) is 0 Å². The molecule has 2 N–H and O–H groups in total. The molecule has 0 aromatic carbocycles. The van der Waals surface area contributed by atoms with Crippen molar-refractivity contribution >= 4 is 0 Å². The highest BCUT2D eigenvalue weighted by Crippen LogP contribution is 2.50. The Balaban J connectivity index is 1.54. The fraction of sp³-hybridized carbons (Fsp3) is 1.00. The van der Waals surface area contributed by atoms with Crippen LogP contribution < -0.4 is 10.6 Å². The maximum atomic E-state index is 5.39. The Morgan fingerprint density at radius 3 is 2.79 bits per heavy atom. The lowest BCUT2D eigenvalue weighted by molar-refractivity contribution is 0.0766. The molecule has 2 unspecified atom stereocenters. The molecule has 1 heterocycles. The molecule has 0 amide bonds. The summed E-state index contributed by atoms with van der Waals surface area (Å²) in [4.78, 5) is 0. The minimum Gasteiger partial charge on any atom is -0.378 e. The van der Waals surface area contributed by atoms with E-state index in [-0.39, 0.29) is 0 Å². The van der Waals surface area contributed by atoms with Gasteiger partial charge in [0.2, 0.25) is 0 Å². The summed E-state index contributed by atoms with van der Waals surface area (Å²) in [6, 6.07) is 0.519. The number of ether oxygens (including phenoxy) is 1. The highest BCUT2D eigenvalue weighted by molar-refractivity contribution is 4.96. The molecule has 82 valence electrons. The second kappa shape index (κ2) is 4.17.